The number of nitrogens with one attached hydrogen (secondary N) is 2. The second kappa shape index (κ2) is 6.37. The summed E-state index contributed by atoms with van der Waals surface area (Å²) in [6.45, 7) is 0. The largest absolute Gasteiger partial charge is 0.495 e. The van der Waals surface area contributed by atoms with Crippen molar-refractivity contribution in [2.75, 3.05) is 17.7 Å². The van der Waals surface area contributed by atoms with Gasteiger partial charge in [-0.2, -0.15) is 0 Å². The van der Waals surface area contributed by atoms with Gasteiger partial charge < -0.3 is 10.1 Å². The molecule has 2 rings (SSSR count). The van der Waals surface area contributed by atoms with Crippen LogP contribution in [0.15, 0.2) is 42.6 Å². The molecule has 0 saturated heterocycles. The molecule has 5 nitrogen and oxygen atoms in total. The number of para-hydroxylation sites is 2. The fourth-order valence-corrected chi connectivity index (χ4v) is 1.79. The number of anilines is 2. The van der Waals surface area contributed by atoms with Crippen LogP contribution in [-0.2, 0) is 0 Å². The van der Waals surface area contributed by atoms with Crippen LogP contribution in [0.4, 0.5) is 16.3 Å². The van der Waals surface area contributed by atoms with Crippen molar-refractivity contribution in [3.8, 4) is 5.75 Å². The maximum absolute atomic E-state index is 11.8. The average Bonchev–Trinajstić information content (AvgIpc) is 2.42. The number of halogens is 1. The lowest BCUT2D eigenvalue weighted by Gasteiger charge is -2.10. The zero-order valence-corrected chi connectivity index (χ0v) is 12.3. The molecule has 6 heteroatoms. The van der Waals surface area contributed by atoms with E-state index in [0.29, 0.717) is 17.3 Å². The highest BCUT2D eigenvalue weighted by Crippen LogP contribution is 2.23. The number of benzene rings is 1. The first-order valence-electron chi connectivity index (χ1n) is 5.51. The molecule has 2 N–H and O–H groups in total. The number of nitrogens with zero attached hydrogens (tertiary/aromatic N) is 1. The molecule has 0 spiro atoms. The molecule has 0 radical (unpaired) electrons. The molecule has 0 fully saturated rings. The number of pyridine rings is 1. The zero-order valence-electron chi connectivity index (χ0n) is 10.2. The van der Waals surface area contributed by atoms with Gasteiger partial charge in [0.1, 0.15) is 11.6 Å². The van der Waals surface area contributed by atoms with Crippen molar-refractivity contribution >= 4 is 40.1 Å². The van der Waals surface area contributed by atoms with E-state index in [9.17, 15) is 4.79 Å². The van der Waals surface area contributed by atoms with Crippen LogP contribution in [0.5, 0.6) is 5.75 Å². The van der Waals surface area contributed by atoms with Gasteiger partial charge in [0.25, 0.3) is 0 Å². The van der Waals surface area contributed by atoms with E-state index in [-0.39, 0.29) is 6.03 Å². The van der Waals surface area contributed by atoms with Gasteiger partial charge in [0.2, 0.25) is 0 Å². The van der Waals surface area contributed by atoms with Crippen molar-refractivity contribution in [1.29, 1.82) is 0 Å². The van der Waals surface area contributed by atoms with Crippen LogP contribution in [0.3, 0.4) is 0 Å². The lowest BCUT2D eigenvalue weighted by atomic mass is 10.3. The van der Waals surface area contributed by atoms with Crippen molar-refractivity contribution in [2.24, 2.45) is 0 Å². The molecule has 19 heavy (non-hydrogen) atoms. The van der Waals surface area contributed by atoms with Crippen molar-refractivity contribution in [2.45, 2.75) is 0 Å². The molecule has 1 aromatic carbocycles. The molecule has 0 aliphatic carbocycles. The standard InChI is InChI=1S/C13H12IN3O2/c1-19-11-5-3-2-4-10(11)16-13(18)17-12-7-6-9(14)8-15-12/h2-8H,1H3,(H2,15,16,17,18). The molecule has 98 valence electrons. The normalized spacial score (nSPS) is 9.79. The van der Waals surface area contributed by atoms with Gasteiger partial charge in [-0.05, 0) is 46.9 Å². The van der Waals surface area contributed by atoms with Gasteiger partial charge in [-0.15, -0.1) is 0 Å². The van der Waals surface area contributed by atoms with Crippen LogP contribution >= 0.6 is 22.6 Å². The molecule has 1 heterocycles. The molecular formula is C13H12IN3O2. The first-order chi connectivity index (χ1) is 9.19. The van der Waals surface area contributed by atoms with E-state index in [4.69, 9.17) is 4.74 Å². The Kier molecular flexibility index (Phi) is 4.56. The topological polar surface area (TPSA) is 63.2 Å². The predicted molar refractivity (Wildman–Crippen MR) is 82.6 cm³/mol. The van der Waals surface area contributed by atoms with Crippen LogP contribution in [0.2, 0.25) is 0 Å². The number of amides is 2. The van der Waals surface area contributed by atoms with Gasteiger partial charge in [0.05, 0.1) is 12.8 Å². The second-order valence-electron chi connectivity index (χ2n) is 3.64. The Balaban J connectivity index is 2.03. The third kappa shape index (κ3) is 3.82. The van der Waals surface area contributed by atoms with Gasteiger partial charge in [0, 0.05) is 9.77 Å². The fourth-order valence-electron chi connectivity index (χ4n) is 1.47. The molecule has 0 aliphatic rings. The van der Waals surface area contributed by atoms with Crippen molar-refractivity contribution in [3.05, 3.63) is 46.2 Å². The van der Waals surface area contributed by atoms with Crippen LogP contribution < -0.4 is 15.4 Å². The summed E-state index contributed by atoms with van der Waals surface area (Å²) in [6, 6.07) is 10.4. The fraction of sp³-hybridized carbons (Fsp3) is 0.0769. The highest BCUT2D eigenvalue weighted by Gasteiger charge is 2.07. The maximum atomic E-state index is 11.8. The van der Waals surface area contributed by atoms with Gasteiger partial charge in [0.15, 0.2) is 0 Å². The Morgan fingerprint density at radius 1 is 1.21 bits per heavy atom. The molecule has 2 amide bonds. The first-order valence-corrected chi connectivity index (χ1v) is 6.59. The molecule has 1 aromatic heterocycles. The SMILES string of the molecule is COc1ccccc1NC(=O)Nc1ccc(I)cn1. The number of hydrogen-bond acceptors (Lipinski definition) is 3. The van der Waals surface area contributed by atoms with Gasteiger partial charge in [-0.3, -0.25) is 5.32 Å². The van der Waals surface area contributed by atoms with E-state index in [0.717, 1.165) is 3.57 Å². The van der Waals surface area contributed by atoms with E-state index in [1.807, 2.05) is 18.2 Å². The summed E-state index contributed by atoms with van der Waals surface area (Å²) >= 11 is 2.15. The number of carbonyl (C=O) groups is 1. The van der Waals surface area contributed by atoms with Gasteiger partial charge >= 0.3 is 6.03 Å². The highest BCUT2D eigenvalue weighted by atomic mass is 127. The number of hydrogen-bond donors (Lipinski definition) is 2. The van der Waals surface area contributed by atoms with E-state index in [1.165, 1.54) is 0 Å². The maximum Gasteiger partial charge on any atom is 0.324 e. The molecule has 0 aliphatic heterocycles. The van der Waals surface area contributed by atoms with Crippen molar-refractivity contribution in [1.82, 2.24) is 4.98 Å². The Morgan fingerprint density at radius 2 is 2.00 bits per heavy atom. The molecule has 0 saturated carbocycles. The summed E-state index contributed by atoms with van der Waals surface area (Å²) < 4.78 is 6.16. The molecule has 2 aromatic rings. The third-order valence-electron chi connectivity index (χ3n) is 2.32. The second-order valence-corrected chi connectivity index (χ2v) is 4.89. The third-order valence-corrected chi connectivity index (χ3v) is 2.96. The Hall–Kier alpha value is -1.83. The van der Waals surface area contributed by atoms with Crippen LogP contribution in [0.1, 0.15) is 0 Å². The summed E-state index contributed by atoms with van der Waals surface area (Å²) in [4.78, 5) is 15.9. The number of rotatable bonds is 3. The Bertz CT molecular complexity index is 572. The summed E-state index contributed by atoms with van der Waals surface area (Å²) in [5.41, 5.74) is 0.605. The van der Waals surface area contributed by atoms with Gasteiger partial charge in [-0.1, -0.05) is 12.1 Å². The van der Waals surface area contributed by atoms with Gasteiger partial charge in [-0.25, -0.2) is 9.78 Å². The number of carbonyl (C=O) groups excluding carboxylic acids is 1. The molecular weight excluding hydrogens is 357 g/mol. The molecule has 0 bridgehead atoms. The number of urea groups is 1. The van der Waals surface area contributed by atoms with E-state index < -0.39 is 0 Å². The summed E-state index contributed by atoms with van der Waals surface area (Å²) in [5.74, 6) is 1.10. The Labute approximate surface area is 124 Å². The summed E-state index contributed by atoms with van der Waals surface area (Å²) in [6.07, 6.45) is 1.68. The lowest BCUT2D eigenvalue weighted by molar-refractivity contribution is 0.262. The number of ether oxygens (including phenoxy) is 1. The minimum absolute atomic E-state index is 0.363. The number of methoxy groups -OCH3 is 1. The van der Waals surface area contributed by atoms with Crippen LogP contribution in [0.25, 0.3) is 0 Å². The average molecular weight is 369 g/mol. The van der Waals surface area contributed by atoms with E-state index in [1.54, 1.807) is 31.5 Å². The smallest absolute Gasteiger partial charge is 0.324 e. The lowest BCUT2D eigenvalue weighted by Crippen LogP contribution is -2.20. The minimum atomic E-state index is -0.363. The van der Waals surface area contributed by atoms with E-state index >= 15 is 0 Å². The van der Waals surface area contributed by atoms with Crippen molar-refractivity contribution < 1.29 is 9.53 Å². The number of aromatic nitrogens is 1. The van der Waals surface area contributed by atoms with Crippen LogP contribution in [0, 0.1) is 3.57 Å². The monoisotopic (exact) mass is 369 g/mol. The molecule has 0 atom stereocenters. The first kappa shape index (κ1) is 13.6. The quantitative estimate of drug-likeness (QED) is 0.816. The van der Waals surface area contributed by atoms with Crippen LogP contribution in [-0.4, -0.2) is 18.1 Å². The minimum Gasteiger partial charge on any atom is -0.495 e. The Morgan fingerprint density at radius 3 is 2.68 bits per heavy atom. The summed E-state index contributed by atoms with van der Waals surface area (Å²) in [7, 11) is 1.55. The molecule has 0 unspecified atom stereocenters. The highest BCUT2D eigenvalue weighted by molar-refractivity contribution is 14.1. The zero-order chi connectivity index (χ0) is 13.7. The predicted octanol–water partition coefficient (Wildman–Crippen LogP) is 3.34. The van der Waals surface area contributed by atoms with Crippen molar-refractivity contribution in [3.63, 3.8) is 0 Å². The summed E-state index contributed by atoms with van der Waals surface area (Å²) in [5, 5.41) is 5.36. The van der Waals surface area contributed by atoms with E-state index in [2.05, 4.69) is 38.2 Å².